The van der Waals surface area contributed by atoms with Crippen molar-refractivity contribution in [1.29, 1.82) is 0 Å². The number of aliphatic carboxylic acids is 1. The third-order valence-corrected chi connectivity index (χ3v) is 5.94. The summed E-state index contributed by atoms with van der Waals surface area (Å²) in [5.74, 6) is -3.61. The predicted octanol–water partition coefficient (Wildman–Crippen LogP) is 2.71. The van der Waals surface area contributed by atoms with E-state index < -0.39 is 17.4 Å². The molecular weight excluding hydrogens is 489 g/mol. The zero-order valence-electron chi connectivity index (χ0n) is 18.1. The van der Waals surface area contributed by atoms with Crippen molar-refractivity contribution < 1.29 is 37.5 Å². The third kappa shape index (κ3) is 6.82. The van der Waals surface area contributed by atoms with E-state index >= 15 is 0 Å². The molecule has 1 atom stereocenters. The summed E-state index contributed by atoms with van der Waals surface area (Å²) in [5, 5.41) is 11.8. The van der Waals surface area contributed by atoms with Gasteiger partial charge in [-0.05, 0) is 36.8 Å². The summed E-state index contributed by atoms with van der Waals surface area (Å²) in [5.41, 5.74) is 3.18. The third-order valence-electron chi connectivity index (χ3n) is 4.66. The number of hydrogen-bond donors (Lipinski definition) is 3. The maximum absolute atomic E-state index is 12.7. The number of aryl methyl sites for hydroxylation is 1. The van der Waals surface area contributed by atoms with Crippen LogP contribution in [0.3, 0.4) is 0 Å². The smallest absolute Gasteiger partial charge is 0.475 e. The molecule has 9 nitrogen and oxygen atoms in total. The highest BCUT2D eigenvalue weighted by molar-refractivity contribution is 8.00. The number of imidazole rings is 1. The molecule has 3 heterocycles. The molecular formula is C22H19F3N4O5S. The highest BCUT2D eigenvalue weighted by atomic mass is 32.2. The van der Waals surface area contributed by atoms with Crippen molar-refractivity contribution in [3.05, 3.63) is 65.6 Å². The van der Waals surface area contributed by atoms with E-state index in [2.05, 4.69) is 15.6 Å². The summed E-state index contributed by atoms with van der Waals surface area (Å²) in [6, 6.07) is 11.0. The number of thioether (sulfide) groups is 1. The Bertz CT molecular complexity index is 1290. The molecule has 1 aliphatic rings. The Labute approximate surface area is 200 Å². The Kier molecular flexibility index (Phi) is 7.79. The second-order valence-corrected chi connectivity index (χ2v) is 8.65. The van der Waals surface area contributed by atoms with Crippen LogP contribution in [0.1, 0.15) is 28.0 Å². The average Bonchev–Trinajstić information content (AvgIpc) is 3.33. The van der Waals surface area contributed by atoms with Gasteiger partial charge in [0, 0.05) is 23.7 Å². The van der Waals surface area contributed by atoms with Crippen molar-refractivity contribution in [3.8, 4) is 0 Å². The van der Waals surface area contributed by atoms with Gasteiger partial charge in [0.15, 0.2) is 0 Å². The number of carbonyl (C=O) groups is 4. The summed E-state index contributed by atoms with van der Waals surface area (Å²) in [6.07, 6.45) is -1.15. The SMILES string of the molecule is Cc1ccn2cc(CNC(=O)c3ccccc3SC3CC(=O)NC3=O)nc2c1.O=C(O)C(F)(F)F. The van der Waals surface area contributed by atoms with Crippen molar-refractivity contribution in [2.45, 2.75) is 36.2 Å². The first-order chi connectivity index (χ1) is 16.4. The summed E-state index contributed by atoms with van der Waals surface area (Å²) in [6.45, 7) is 2.30. The van der Waals surface area contributed by atoms with Gasteiger partial charge in [-0.15, -0.1) is 11.8 Å². The molecule has 0 bridgehead atoms. The molecule has 35 heavy (non-hydrogen) atoms. The number of nitrogens with zero attached hydrogens (tertiary/aromatic N) is 2. The zero-order chi connectivity index (χ0) is 25.8. The van der Waals surface area contributed by atoms with Crippen molar-refractivity contribution >= 4 is 41.1 Å². The number of hydrogen-bond acceptors (Lipinski definition) is 6. The van der Waals surface area contributed by atoms with Crippen LogP contribution in [-0.4, -0.2) is 49.6 Å². The first-order valence-corrected chi connectivity index (χ1v) is 10.9. The number of pyridine rings is 1. The lowest BCUT2D eigenvalue weighted by atomic mass is 10.2. The molecule has 0 spiro atoms. The molecule has 0 radical (unpaired) electrons. The molecule has 3 amide bonds. The van der Waals surface area contributed by atoms with Crippen LogP contribution in [0.2, 0.25) is 0 Å². The molecule has 1 unspecified atom stereocenters. The van der Waals surface area contributed by atoms with Gasteiger partial charge in [0.25, 0.3) is 5.91 Å². The summed E-state index contributed by atoms with van der Waals surface area (Å²) >= 11 is 1.23. The molecule has 0 saturated carbocycles. The molecule has 184 valence electrons. The van der Waals surface area contributed by atoms with E-state index in [9.17, 15) is 27.6 Å². The summed E-state index contributed by atoms with van der Waals surface area (Å²) < 4.78 is 33.6. The number of carboxylic acid groups (broad SMARTS) is 1. The van der Waals surface area contributed by atoms with Gasteiger partial charge in [-0.2, -0.15) is 13.2 Å². The van der Waals surface area contributed by atoms with Gasteiger partial charge in [0.05, 0.1) is 23.1 Å². The van der Waals surface area contributed by atoms with Crippen molar-refractivity contribution in [2.75, 3.05) is 0 Å². The van der Waals surface area contributed by atoms with Crippen LogP contribution in [0.4, 0.5) is 13.2 Å². The molecule has 3 aromatic rings. The van der Waals surface area contributed by atoms with Crippen LogP contribution in [0, 0.1) is 6.92 Å². The Morgan fingerprint density at radius 2 is 1.94 bits per heavy atom. The number of nitrogens with one attached hydrogen (secondary N) is 2. The molecule has 1 aliphatic heterocycles. The van der Waals surface area contributed by atoms with Gasteiger partial charge in [-0.3, -0.25) is 19.7 Å². The first kappa shape index (κ1) is 25.7. The van der Waals surface area contributed by atoms with Crippen LogP contribution in [0.15, 0.2) is 53.7 Å². The van der Waals surface area contributed by atoms with Gasteiger partial charge < -0.3 is 14.8 Å². The monoisotopic (exact) mass is 508 g/mol. The van der Waals surface area contributed by atoms with Gasteiger partial charge in [0.2, 0.25) is 11.8 Å². The standard InChI is InChI=1S/C20H18N4O3S.C2HF3O2/c1-12-6-7-24-11-13(22-17(24)8-12)10-21-19(26)14-4-2-3-5-15(14)28-16-9-18(25)23-20(16)27;3-2(4,5)1(6)7/h2-8,11,16H,9-10H2,1H3,(H,21,26)(H,23,25,27);(H,6,7). The van der Waals surface area contributed by atoms with Gasteiger partial charge in [-0.25, -0.2) is 9.78 Å². The van der Waals surface area contributed by atoms with Gasteiger partial charge in [-0.1, -0.05) is 12.1 Å². The fourth-order valence-electron chi connectivity index (χ4n) is 3.02. The lowest BCUT2D eigenvalue weighted by Crippen LogP contribution is -2.25. The zero-order valence-corrected chi connectivity index (χ0v) is 18.9. The van der Waals surface area contributed by atoms with E-state index in [-0.39, 0.29) is 24.1 Å². The number of rotatable bonds is 5. The van der Waals surface area contributed by atoms with Crippen LogP contribution in [0.25, 0.3) is 5.65 Å². The highest BCUT2D eigenvalue weighted by Gasteiger charge is 2.38. The molecule has 13 heteroatoms. The van der Waals surface area contributed by atoms with E-state index in [1.54, 1.807) is 24.3 Å². The summed E-state index contributed by atoms with van der Waals surface area (Å²) in [4.78, 5) is 50.0. The fourth-order valence-corrected chi connectivity index (χ4v) is 4.17. The molecule has 3 N–H and O–H groups in total. The number of aromatic nitrogens is 2. The molecule has 1 aromatic carbocycles. The first-order valence-electron chi connectivity index (χ1n) is 10.1. The fraction of sp³-hybridized carbons (Fsp3) is 0.227. The number of fused-ring (bicyclic) bond motifs is 1. The number of alkyl halides is 3. The van der Waals surface area contributed by atoms with E-state index in [1.807, 2.05) is 35.9 Å². The lowest BCUT2D eigenvalue weighted by molar-refractivity contribution is -0.192. The Morgan fingerprint density at radius 3 is 2.57 bits per heavy atom. The Morgan fingerprint density at radius 1 is 1.26 bits per heavy atom. The average molecular weight is 508 g/mol. The number of carbonyl (C=O) groups excluding carboxylic acids is 3. The lowest BCUT2D eigenvalue weighted by Gasteiger charge is -2.11. The van der Waals surface area contributed by atoms with E-state index in [0.29, 0.717) is 17.0 Å². The van der Waals surface area contributed by atoms with Gasteiger partial charge >= 0.3 is 12.1 Å². The topological polar surface area (TPSA) is 130 Å². The molecule has 1 saturated heterocycles. The molecule has 1 fully saturated rings. The number of amides is 3. The van der Waals surface area contributed by atoms with E-state index in [0.717, 1.165) is 16.9 Å². The number of halogens is 3. The number of benzene rings is 1. The second kappa shape index (κ2) is 10.6. The quantitative estimate of drug-likeness (QED) is 0.452. The number of imide groups is 1. The molecule has 0 aliphatic carbocycles. The van der Waals surface area contributed by atoms with E-state index in [1.165, 1.54) is 11.8 Å². The molecule has 2 aromatic heterocycles. The minimum atomic E-state index is -5.08. The molecule has 4 rings (SSSR count). The van der Waals surface area contributed by atoms with Crippen molar-refractivity contribution in [1.82, 2.24) is 20.0 Å². The Hall–Kier alpha value is -3.87. The van der Waals surface area contributed by atoms with Crippen LogP contribution < -0.4 is 10.6 Å². The minimum Gasteiger partial charge on any atom is -0.475 e. The predicted molar refractivity (Wildman–Crippen MR) is 119 cm³/mol. The van der Waals surface area contributed by atoms with Crippen LogP contribution >= 0.6 is 11.8 Å². The highest BCUT2D eigenvalue weighted by Crippen LogP contribution is 2.30. The summed E-state index contributed by atoms with van der Waals surface area (Å²) in [7, 11) is 0. The minimum absolute atomic E-state index is 0.125. The largest absolute Gasteiger partial charge is 0.490 e. The van der Waals surface area contributed by atoms with Crippen LogP contribution in [-0.2, 0) is 20.9 Å². The Balaban J connectivity index is 0.000000429. The normalized spacial score (nSPS) is 15.4. The second-order valence-electron chi connectivity index (χ2n) is 7.41. The van der Waals surface area contributed by atoms with Gasteiger partial charge in [0.1, 0.15) is 5.65 Å². The van der Waals surface area contributed by atoms with Crippen molar-refractivity contribution in [2.24, 2.45) is 0 Å². The maximum atomic E-state index is 12.7. The number of carboxylic acids is 1. The van der Waals surface area contributed by atoms with Crippen molar-refractivity contribution in [3.63, 3.8) is 0 Å². The van der Waals surface area contributed by atoms with E-state index in [4.69, 9.17) is 9.90 Å². The maximum Gasteiger partial charge on any atom is 0.490 e. The van der Waals surface area contributed by atoms with Crippen LogP contribution in [0.5, 0.6) is 0 Å².